The van der Waals surface area contributed by atoms with Gasteiger partial charge in [0.2, 0.25) is 5.88 Å². The van der Waals surface area contributed by atoms with Gasteiger partial charge in [-0.05, 0) is 55.7 Å². The van der Waals surface area contributed by atoms with Crippen molar-refractivity contribution in [2.75, 3.05) is 0 Å². The minimum atomic E-state index is -0.266. The molecule has 0 bridgehead atoms. The van der Waals surface area contributed by atoms with Crippen LogP contribution in [0.5, 0.6) is 0 Å². The molecule has 33 heavy (non-hydrogen) atoms. The first-order valence-electron chi connectivity index (χ1n) is 11.1. The molecule has 1 aromatic carbocycles. The Morgan fingerprint density at radius 3 is 2.55 bits per heavy atom. The molecule has 1 aliphatic heterocycles. The molecular formula is C27H27N5O. The predicted octanol–water partition coefficient (Wildman–Crippen LogP) is 5.76. The largest absolute Gasteiger partial charge is 0.445 e. The van der Waals surface area contributed by atoms with Crippen LogP contribution in [0.4, 0.5) is 0 Å². The van der Waals surface area contributed by atoms with Gasteiger partial charge in [-0.25, -0.2) is 4.98 Å². The minimum absolute atomic E-state index is 0.175. The lowest BCUT2D eigenvalue weighted by Gasteiger charge is -2.30. The third kappa shape index (κ3) is 4.18. The zero-order valence-corrected chi connectivity index (χ0v) is 19.1. The molecule has 2 aromatic heterocycles. The Kier molecular flexibility index (Phi) is 6.41. The van der Waals surface area contributed by atoms with E-state index in [1.807, 2.05) is 48.9 Å². The second-order valence-corrected chi connectivity index (χ2v) is 7.91. The van der Waals surface area contributed by atoms with E-state index in [9.17, 15) is 5.26 Å². The van der Waals surface area contributed by atoms with Gasteiger partial charge in [-0.15, -0.1) is 0 Å². The molecule has 3 heterocycles. The van der Waals surface area contributed by atoms with Crippen molar-refractivity contribution in [2.24, 2.45) is 5.73 Å². The van der Waals surface area contributed by atoms with Crippen LogP contribution in [0.15, 0.2) is 95.6 Å². The first-order valence-corrected chi connectivity index (χ1v) is 11.1. The first kappa shape index (κ1) is 22.1. The number of ether oxygens (including phenoxy) is 1. The van der Waals surface area contributed by atoms with Crippen LogP contribution in [0.3, 0.4) is 0 Å². The highest BCUT2D eigenvalue weighted by atomic mass is 16.5. The lowest BCUT2D eigenvalue weighted by Crippen LogP contribution is -2.21. The number of hydrogen-bond acceptors (Lipinski definition) is 5. The van der Waals surface area contributed by atoms with Crippen LogP contribution in [-0.2, 0) is 4.74 Å². The molecular weight excluding hydrogens is 410 g/mol. The topological polar surface area (TPSA) is 89.8 Å². The van der Waals surface area contributed by atoms with E-state index in [1.54, 1.807) is 18.6 Å². The molecule has 0 saturated heterocycles. The van der Waals surface area contributed by atoms with E-state index in [0.29, 0.717) is 5.57 Å². The van der Waals surface area contributed by atoms with Gasteiger partial charge < -0.3 is 10.5 Å². The van der Waals surface area contributed by atoms with Gasteiger partial charge in [0, 0.05) is 41.6 Å². The molecule has 0 saturated carbocycles. The van der Waals surface area contributed by atoms with Gasteiger partial charge in [-0.3, -0.25) is 9.55 Å². The fourth-order valence-electron chi connectivity index (χ4n) is 4.39. The highest BCUT2D eigenvalue weighted by Crippen LogP contribution is 2.43. The summed E-state index contributed by atoms with van der Waals surface area (Å²) in [4.78, 5) is 8.62. The molecule has 0 fully saturated rings. The van der Waals surface area contributed by atoms with E-state index >= 15 is 0 Å². The molecule has 0 radical (unpaired) electrons. The number of nitrogens with zero attached hydrogens (tertiary/aromatic N) is 4. The number of pyridine rings is 1. The summed E-state index contributed by atoms with van der Waals surface area (Å²) in [6, 6.07) is 14.4. The Hall–Kier alpha value is -4.11. The second kappa shape index (κ2) is 9.58. The van der Waals surface area contributed by atoms with Crippen molar-refractivity contribution in [3.63, 3.8) is 0 Å². The molecule has 0 spiro atoms. The molecule has 6 heteroatoms. The fourth-order valence-corrected chi connectivity index (χ4v) is 4.39. The SMILES string of the molecule is C/C=C(/CCC)C1=C(C)OC(N)=C(C#N)C1c1ccc(-n2ccnc2-c2ccncc2)cc1. The predicted molar refractivity (Wildman–Crippen MR) is 129 cm³/mol. The molecule has 3 aromatic rings. The minimum Gasteiger partial charge on any atom is -0.445 e. The van der Waals surface area contributed by atoms with Gasteiger partial charge >= 0.3 is 0 Å². The van der Waals surface area contributed by atoms with Crippen molar-refractivity contribution in [3.8, 4) is 23.1 Å². The molecule has 4 rings (SSSR count). The quantitative estimate of drug-likeness (QED) is 0.529. The zero-order valence-electron chi connectivity index (χ0n) is 19.1. The number of rotatable bonds is 6. The maximum Gasteiger partial charge on any atom is 0.205 e. The molecule has 0 amide bonds. The Bertz CT molecular complexity index is 1270. The van der Waals surface area contributed by atoms with Crippen LogP contribution in [-0.4, -0.2) is 14.5 Å². The van der Waals surface area contributed by atoms with Crippen LogP contribution in [0, 0.1) is 11.3 Å². The molecule has 1 aliphatic rings. The smallest absolute Gasteiger partial charge is 0.205 e. The molecule has 166 valence electrons. The van der Waals surface area contributed by atoms with Gasteiger partial charge in [-0.2, -0.15) is 5.26 Å². The Balaban J connectivity index is 1.77. The van der Waals surface area contributed by atoms with Gasteiger partial charge in [0.05, 0.1) is 5.92 Å². The summed E-state index contributed by atoms with van der Waals surface area (Å²) in [6.07, 6.45) is 11.3. The Morgan fingerprint density at radius 2 is 1.91 bits per heavy atom. The maximum atomic E-state index is 9.92. The molecule has 1 unspecified atom stereocenters. The standard InChI is InChI=1S/C27H27N5O/c1-4-6-19(5-2)24-18(3)33-26(29)23(17-28)25(24)20-7-9-22(10-8-20)32-16-15-31-27(32)21-11-13-30-14-12-21/h5,7-16,25H,4,6,29H2,1-3H3/b19-5-. The molecule has 2 N–H and O–H groups in total. The van der Waals surface area contributed by atoms with E-state index in [-0.39, 0.29) is 11.8 Å². The average Bonchev–Trinajstić information content (AvgIpc) is 3.33. The van der Waals surface area contributed by atoms with E-state index in [4.69, 9.17) is 10.5 Å². The van der Waals surface area contributed by atoms with Crippen LogP contribution < -0.4 is 5.73 Å². The van der Waals surface area contributed by atoms with E-state index < -0.39 is 0 Å². The van der Waals surface area contributed by atoms with Gasteiger partial charge in [0.1, 0.15) is 23.2 Å². The summed E-state index contributed by atoms with van der Waals surface area (Å²) in [5.41, 5.74) is 11.8. The number of aromatic nitrogens is 3. The maximum absolute atomic E-state index is 9.92. The Morgan fingerprint density at radius 1 is 1.18 bits per heavy atom. The highest BCUT2D eigenvalue weighted by molar-refractivity contribution is 5.59. The van der Waals surface area contributed by atoms with E-state index in [1.165, 1.54) is 5.57 Å². The third-order valence-electron chi connectivity index (χ3n) is 5.90. The molecule has 0 aliphatic carbocycles. The zero-order chi connectivity index (χ0) is 23.4. The van der Waals surface area contributed by atoms with E-state index in [0.717, 1.165) is 46.8 Å². The number of hydrogen-bond donors (Lipinski definition) is 1. The van der Waals surface area contributed by atoms with Crippen LogP contribution >= 0.6 is 0 Å². The van der Waals surface area contributed by atoms with Gasteiger partial charge in [0.15, 0.2) is 0 Å². The van der Waals surface area contributed by atoms with Gasteiger partial charge in [0.25, 0.3) is 0 Å². The summed E-state index contributed by atoms with van der Waals surface area (Å²) in [7, 11) is 0. The summed E-state index contributed by atoms with van der Waals surface area (Å²) in [5, 5.41) is 9.92. The summed E-state index contributed by atoms with van der Waals surface area (Å²) in [5.74, 6) is 1.50. The number of benzene rings is 1. The van der Waals surface area contributed by atoms with Crippen LogP contribution in [0.2, 0.25) is 0 Å². The van der Waals surface area contributed by atoms with Crippen molar-refractivity contribution in [1.82, 2.24) is 14.5 Å². The van der Waals surface area contributed by atoms with Crippen molar-refractivity contribution < 1.29 is 4.74 Å². The monoisotopic (exact) mass is 437 g/mol. The normalized spacial score (nSPS) is 16.5. The van der Waals surface area contributed by atoms with Crippen LogP contribution in [0.1, 0.15) is 45.1 Å². The van der Waals surface area contributed by atoms with E-state index in [2.05, 4.69) is 41.2 Å². The number of nitriles is 1. The number of imidazole rings is 1. The van der Waals surface area contributed by atoms with Crippen molar-refractivity contribution >= 4 is 0 Å². The third-order valence-corrected chi connectivity index (χ3v) is 5.90. The highest BCUT2D eigenvalue weighted by Gasteiger charge is 2.32. The lowest BCUT2D eigenvalue weighted by atomic mass is 9.78. The van der Waals surface area contributed by atoms with Gasteiger partial charge in [-0.1, -0.05) is 31.6 Å². The summed E-state index contributed by atoms with van der Waals surface area (Å²) < 4.78 is 7.82. The van der Waals surface area contributed by atoms with Crippen LogP contribution in [0.25, 0.3) is 17.1 Å². The molecule has 1 atom stereocenters. The lowest BCUT2D eigenvalue weighted by molar-refractivity contribution is 0.281. The molecule has 6 nitrogen and oxygen atoms in total. The first-order chi connectivity index (χ1) is 16.1. The summed E-state index contributed by atoms with van der Waals surface area (Å²) >= 11 is 0. The second-order valence-electron chi connectivity index (χ2n) is 7.91. The Labute approximate surface area is 194 Å². The van der Waals surface area contributed by atoms with Crippen molar-refractivity contribution in [3.05, 3.63) is 101 Å². The average molecular weight is 438 g/mol. The fraction of sp³-hybridized carbons (Fsp3) is 0.222. The number of allylic oxidation sites excluding steroid dienone is 5. The van der Waals surface area contributed by atoms with Crippen molar-refractivity contribution in [2.45, 2.75) is 39.5 Å². The summed E-state index contributed by atoms with van der Waals surface area (Å²) in [6.45, 7) is 6.09. The number of nitrogens with two attached hydrogens (primary N) is 1. The van der Waals surface area contributed by atoms with Crippen molar-refractivity contribution in [1.29, 1.82) is 5.26 Å².